The zero-order chi connectivity index (χ0) is 14.9. The molecule has 3 rings (SSSR count). The van der Waals surface area contributed by atoms with Gasteiger partial charge in [0, 0.05) is 43.0 Å². The van der Waals surface area contributed by atoms with Crippen molar-refractivity contribution in [2.75, 3.05) is 26.3 Å². The second-order valence-corrected chi connectivity index (χ2v) is 6.79. The number of carbonyl (C=O) groups excluding carboxylic acids is 1. The molecule has 2 heterocycles. The molecule has 0 aromatic carbocycles. The molecule has 0 unspecified atom stereocenters. The maximum atomic E-state index is 11.5. The molecule has 0 bridgehead atoms. The van der Waals surface area contributed by atoms with Crippen molar-refractivity contribution in [3.05, 3.63) is 35.1 Å². The molecular weight excluding hydrogens is 262 g/mol. The molecule has 0 aromatic heterocycles. The van der Waals surface area contributed by atoms with Gasteiger partial charge < -0.3 is 9.64 Å². The van der Waals surface area contributed by atoms with Gasteiger partial charge in [-0.05, 0) is 50.7 Å². The summed E-state index contributed by atoms with van der Waals surface area (Å²) in [5.74, 6) is 0. The predicted molar refractivity (Wildman–Crippen MR) is 83.9 cm³/mol. The highest BCUT2D eigenvalue weighted by atomic mass is 16.5. The summed E-state index contributed by atoms with van der Waals surface area (Å²) >= 11 is 0. The van der Waals surface area contributed by atoms with Crippen LogP contribution in [0.2, 0.25) is 0 Å². The molecule has 1 aliphatic carbocycles. The van der Waals surface area contributed by atoms with Crippen LogP contribution in [0.1, 0.15) is 39.0 Å². The second kappa shape index (κ2) is 5.80. The van der Waals surface area contributed by atoms with E-state index in [2.05, 4.69) is 24.5 Å². The number of nitrogens with zero attached hydrogens (tertiary/aromatic N) is 1. The number of rotatable bonds is 4. The maximum Gasteiger partial charge on any atom is 0.152 e. The van der Waals surface area contributed by atoms with Crippen molar-refractivity contribution in [3.8, 4) is 0 Å². The lowest BCUT2D eigenvalue weighted by atomic mass is 9.73. The average Bonchev–Trinajstić information content (AvgIpc) is 2.87. The van der Waals surface area contributed by atoms with Crippen molar-refractivity contribution in [2.24, 2.45) is 5.41 Å². The van der Waals surface area contributed by atoms with Crippen LogP contribution in [0.4, 0.5) is 0 Å². The highest BCUT2D eigenvalue weighted by Crippen LogP contribution is 2.42. The van der Waals surface area contributed by atoms with Crippen LogP contribution in [0.5, 0.6) is 0 Å². The van der Waals surface area contributed by atoms with Gasteiger partial charge >= 0.3 is 0 Å². The molecule has 0 radical (unpaired) electrons. The fourth-order valence-corrected chi connectivity index (χ4v) is 3.74. The minimum absolute atomic E-state index is 0.414. The zero-order valence-electron chi connectivity index (χ0n) is 13.0. The second-order valence-electron chi connectivity index (χ2n) is 6.79. The summed E-state index contributed by atoms with van der Waals surface area (Å²) in [7, 11) is 0. The Hall–Kier alpha value is -1.35. The SMILES string of the molecule is C=C(/C(C=O)=C\C1=C(C)CCC1)N1CC2(CCOCC2)C1. The lowest BCUT2D eigenvalue weighted by molar-refractivity contribution is -0.105. The first-order chi connectivity index (χ1) is 10.1. The number of aldehydes is 1. The Balaban J connectivity index is 1.66. The molecule has 0 amide bonds. The molecule has 0 aromatic rings. The van der Waals surface area contributed by atoms with Crippen LogP contribution in [-0.4, -0.2) is 37.5 Å². The van der Waals surface area contributed by atoms with Gasteiger partial charge in [-0.15, -0.1) is 0 Å². The van der Waals surface area contributed by atoms with E-state index >= 15 is 0 Å². The van der Waals surface area contributed by atoms with Gasteiger partial charge in [0.1, 0.15) is 0 Å². The molecule has 2 saturated heterocycles. The van der Waals surface area contributed by atoms with Crippen LogP contribution in [0.25, 0.3) is 0 Å². The van der Waals surface area contributed by atoms with Crippen LogP contribution < -0.4 is 0 Å². The van der Waals surface area contributed by atoms with E-state index in [9.17, 15) is 4.79 Å². The third kappa shape index (κ3) is 2.84. The molecule has 21 heavy (non-hydrogen) atoms. The zero-order valence-corrected chi connectivity index (χ0v) is 13.0. The van der Waals surface area contributed by atoms with Gasteiger partial charge in [-0.3, -0.25) is 4.79 Å². The van der Waals surface area contributed by atoms with E-state index in [4.69, 9.17) is 4.74 Å². The molecule has 0 atom stereocenters. The van der Waals surface area contributed by atoms with E-state index in [0.29, 0.717) is 5.41 Å². The van der Waals surface area contributed by atoms with E-state index in [0.717, 1.165) is 69.5 Å². The van der Waals surface area contributed by atoms with Gasteiger partial charge in [0.05, 0.1) is 0 Å². The molecule has 1 spiro atoms. The van der Waals surface area contributed by atoms with Crippen LogP contribution >= 0.6 is 0 Å². The first kappa shape index (κ1) is 14.6. The first-order valence-electron chi connectivity index (χ1n) is 8.01. The van der Waals surface area contributed by atoms with E-state index in [1.165, 1.54) is 17.6 Å². The molecule has 2 aliphatic heterocycles. The van der Waals surface area contributed by atoms with Gasteiger partial charge in [-0.25, -0.2) is 0 Å². The van der Waals surface area contributed by atoms with Crippen molar-refractivity contribution >= 4 is 6.29 Å². The monoisotopic (exact) mass is 287 g/mol. The van der Waals surface area contributed by atoms with Gasteiger partial charge in [0.15, 0.2) is 6.29 Å². The number of ether oxygens (including phenoxy) is 1. The highest BCUT2D eigenvalue weighted by molar-refractivity contribution is 5.80. The molecule has 3 nitrogen and oxygen atoms in total. The molecule has 0 N–H and O–H groups in total. The Labute approximate surface area is 127 Å². The van der Waals surface area contributed by atoms with E-state index < -0.39 is 0 Å². The summed E-state index contributed by atoms with van der Waals surface area (Å²) in [5.41, 5.74) is 4.83. The Morgan fingerprint density at radius 1 is 1.29 bits per heavy atom. The summed E-state index contributed by atoms with van der Waals surface area (Å²) < 4.78 is 5.45. The van der Waals surface area contributed by atoms with E-state index in [1.54, 1.807) is 0 Å². The Bertz CT molecular complexity index is 501. The summed E-state index contributed by atoms with van der Waals surface area (Å²) in [4.78, 5) is 13.7. The Morgan fingerprint density at radius 3 is 2.57 bits per heavy atom. The van der Waals surface area contributed by atoms with Crippen molar-refractivity contribution in [2.45, 2.75) is 39.0 Å². The van der Waals surface area contributed by atoms with E-state index in [-0.39, 0.29) is 0 Å². The third-order valence-corrected chi connectivity index (χ3v) is 5.32. The summed E-state index contributed by atoms with van der Waals surface area (Å²) in [6.07, 6.45) is 8.78. The average molecular weight is 287 g/mol. The van der Waals surface area contributed by atoms with Gasteiger partial charge in [-0.1, -0.05) is 12.2 Å². The normalized spacial score (nSPS) is 25.2. The highest BCUT2D eigenvalue weighted by Gasteiger charge is 2.44. The lowest BCUT2D eigenvalue weighted by Crippen LogP contribution is -2.57. The molecule has 3 heteroatoms. The number of carbonyl (C=O) groups is 1. The van der Waals surface area contributed by atoms with Crippen molar-refractivity contribution < 1.29 is 9.53 Å². The molecular formula is C18H25NO2. The van der Waals surface area contributed by atoms with Crippen LogP contribution in [0.15, 0.2) is 35.1 Å². The predicted octanol–water partition coefficient (Wildman–Crippen LogP) is 3.24. The smallest absolute Gasteiger partial charge is 0.152 e. The number of hydrogen-bond acceptors (Lipinski definition) is 3. The fourth-order valence-electron chi connectivity index (χ4n) is 3.74. The summed E-state index contributed by atoms with van der Waals surface area (Å²) in [6, 6.07) is 0. The number of allylic oxidation sites excluding steroid dienone is 4. The van der Waals surface area contributed by atoms with Crippen molar-refractivity contribution in [1.29, 1.82) is 0 Å². The molecule has 2 fully saturated rings. The van der Waals surface area contributed by atoms with E-state index in [1.807, 2.05) is 0 Å². The Morgan fingerprint density at radius 2 is 2.00 bits per heavy atom. The van der Waals surface area contributed by atoms with Gasteiger partial charge in [-0.2, -0.15) is 0 Å². The Kier molecular flexibility index (Phi) is 4.03. The minimum Gasteiger partial charge on any atom is -0.381 e. The number of hydrogen-bond donors (Lipinski definition) is 0. The van der Waals surface area contributed by atoms with Gasteiger partial charge in [0.25, 0.3) is 0 Å². The minimum atomic E-state index is 0.414. The topological polar surface area (TPSA) is 29.5 Å². The summed E-state index contributed by atoms with van der Waals surface area (Å²) in [6.45, 7) is 10.1. The lowest BCUT2D eigenvalue weighted by Gasteiger charge is -2.54. The van der Waals surface area contributed by atoms with Gasteiger partial charge in [0.2, 0.25) is 0 Å². The van der Waals surface area contributed by atoms with Crippen LogP contribution in [0, 0.1) is 5.41 Å². The molecule has 0 saturated carbocycles. The van der Waals surface area contributed by atoms with Crippen LogP contribution in [0.3, 0.4) is 0 Å². The van der Waals surface area contributed by atoms with Crippen molar-refractivity contribution in [3.63, 3.8) is 0 Å². The van der Waals surface area contributed by atoms with Crippen molar-refractivity contribution in [1.82, 2.24) is 4.90 Å². The van der Waals surface area contributed by atoms with Crippen LogP contribution in [-0.2, 0) is 9.53 Å². The molecule has 114 valence electrons. The fraction of sp³-hybridized carbons (Fsp3) is 0.611. The quantitative estimate of drug-likeness (QED) is 0.451. The first-order valence-corrected chi connectivity index (χ1v) is 8.01. The third-order valence-electron chi connectivity index (χ3n) is 5.32. The standard InChI is InChI=1S/C18H25NO2/c1-14-4-3-5-16(14)10-17(11-20)15(2)19-12-18(13-19)6-8-21-9-7-18/h10-11H,2-9,12-13H2,1H3/b17-10-. The molecule has 3 aliphatic rings. The summed E-state index contributed by atoms with van der Waals surface area (Å²) in [5, 5.41) is 0. The maximum absolute atomic E-state index is 11.5. The number of likely N-dealkylation sites (tertiary alicyclic amines) is 1. The largest absolute Gasteiger partial charge is 0.381 e.